The van der Waals surface area contributed by atoms with E-state index in [2.05, 4.69) is 15.8 Å². The SMILES string of the molecule is S=C(N/N=C\c1ccc(Cl)c(Cl)c1)N[C@H]1C[C@H]2CC[C@@H]1C2. The average molecular weight is 342 g/mol. The van der Waals surface area contributed by atoms with Crippen LogP contribution in [0, 0.1) is 11.8 Å². The lowest BCUT2D eigenvalue weighted by atomic mass is 9.96. The molecule has 2 aliphatic carbocycles. The standard InChI is InChI=1S/C15H17Cl2N3S/c16-12-4-2-10(6-13(12)17)8-18-20-15(21)19-14-7-9-1-3-11(14)5-9/h2,4,6,8-9,11,14H,1,3,5,7H2,(H2,19,20,21)/b18-8-/t9-,11+,14-/m0/s1. The second-order valence-corrected chi connectivity index (χ2v) is 7.02. The minimum atomic E-state index is 0.517. The summed E-state index contributed by atoms with van der Waals surface area (Å²) < 4.78 is 0. The van der Waals surface area contributed by atoms with Gasteiger partial charge < -0.3 is 5.32 Å². The summed E-state index contributed by atoms with van der Waals surface area (Å²) in [5, 5.41) is 9.15. The van der Waals surface area contributed by atoms with Crippen LogP contribution in [0.5, 0.6) is 0 Å². The van der Waals surface area contributed by atoms with Gasteiger partial charge in [0.2, 0.25) is 0 Å². The van der Waals surface area contributed by atoms with Crippen LogP contribution in [0.25, 0.3) is 0 Å². The Morgan fingerprint density at radius 3 is 2.76 bits per heavy atom. The first-order valence-electron chi connectivity index (χ1n) is 7.16. The third-order valence-electron chi connectivity index (χ3n) is 4.38. The lowest BCUT2D eigenvalue weighted by molar-refractivity contribution is 0.389. The van der Waals surface area contributed by atoms with Crippen molar-refractivity contribution < 1.29 is 0 Å². The predicted octanol–water partition coefficient (Wildman–Crippen LogP) is 3.98. The third kappa shape index (κ3) is 3.68. The molecule has 0 aliphatic heterocycles. The van der Waals surface area contributed by atoms with Crippen LogP contribution in [0.3, 0.4) is 0 Å². The van der Waals surface area contributed by atoms with Crippen molar-refractivity contribution in [1.29, 1.82) is 0 Å². The van der Waals surface area contributed by atoms with Gasteiger partial charge in [-0.25, -0.2) is 0 Å². The van der Waals surface area contributed by atoms with E-state index < -0.39 is 0 Å². The van der Waals surface area contributed by atoms with Gasteiger partial charge in [-0.15, -0.1) is 0 Å². The smallest absolute Gasteiger partial charge is 0.187 e. The average Bonchev–Trinajstić information content (AvgIpc) is 3.05. The van der Waals surface area contributed by atoms with E-state index in [1.165, 1.54) is 25.7 Å². The minimum absolute atomic E-state index is 0.517. The highest BCUT2D eigenvalue weighted by molar-refractivity contribution is 7.80. The Morgan fingerprint density at radius 1 is 1.24 bits per heavy atom. The first kappa shape index (κ1) is 15.1. The zero-order valence-electron chi connectivity index (χ0n) is 11.5. The monoisotopic (exact) mass is 341 g/mol. The van der Waals surface area contributed by atoms with Gasteiger partial charge in [0, 0.05) is 6.04 Å². The van der Waals surface area contributed by atoms with Gasteiger partial charge in [0.05, 0.1) is 16.3 Å². The Labute approximate surface area is 140 Å². The largest absolute Gasteiger partial charge is 0.358 e. The summed E-state index contributed by atoms with van der Waals surface area (Å²) in [6, 6.07) is 5.88. The quantitative estimate of drug-likeness (QED) is 0.496. The molecule has 3 rings (SSSR count). The van der Waals surface area contributed by atoms with Crippen molar-refractivity contribution in [3.63, 3.8) is 0 Å². The number of fused-ring (bicyclic) bond motifs is 2. The summed E-state index contributed by atoms with van der Waals surface area (Å²) in [4.78, 5) is 0. The van der Waals surface area contributed by atoms with E-state index in [0.29, 0.717) is 21.2 Å². The molecule has 0 aromatic heterocycles. The molecular weight excluding hydrogens is 325 g/mol. The number of nitrogens with zero attached hydrogens (tertiary/aromatic N) is 1. The first-order valence-corrected chi connectivity index (χ1v) is 8.33. The van der Waals surface area contributed by atoms with Gasteiger partial charge in [-0.05, 0) is 61.0 Å². The normalized spacial score (nSPS) is 27.2. The van der Waals surface area contributed by atoms with Crippen molar-refractivity contribution in [2.45, 2.75) is 31.7 Å². The van der Waals surface area contributed by atoms with E-state index in [-0.39, 0.29) is 0 Å². The number of thiocarbonyl (C=S) groups is 1. The Hall–Kier alpha value is -0.840. The van der Waals surface area contributed by atoms with Gasteiger partial charge >= 0.3 is 0 Å². The number of hydrogen-bond acceptors (Lipinski definition) is 2. The molecule has 0 saturated heterocycles. The molecule has 0 spiro atoms. The van der Waals surface area contributed by atoms with Crippen molar-refractivity contribution >= 4 is 46.7 Å². The lowest BCUT2D eigenvalue weighted by Gasteiger charge is -2.23. The van der Waals surface area contributed by atoms with Crippen LogP contribution in [-0.2, 0) is 0 Å². The van der Waals surface area contributed by atoms with E-state index in [4.69, 9.17) is 35.4 Å². The van der Waals surface area contributed by atoms with Crippen LogP contribution in [0.4, 0.5) is 0 Å². The van der Waals surface area contributed by atoms with Crippen LogP contribution < -0.4 is 10.7 Å². The second-order valence-electron chi connectivity index (χ2n) is 5.80. The molecule has 2 N–H and O–H groups in total. The molecule has 0 unspecified atom stereocenters. The molecule has 2 fully saturated rings. The summed E-state index contributed by atoms with van der Waals surface area (Å²) >= 11 is 17.1. The molecule has 2 aliphatic rings. The van der Waals surface area contributed by atoms with Crippen molar-refractivity contribution in [1.82, 2.24) is 10.7 Å². The van der Waals surface area contributed by atoms with E-state index in [9.17, 15) is 0 Å². The minimum Gasteiger partial charge on any atom is -0.358 e. The maximum absolute atomic E-state index is 5.95. The van der Waals surface area contributed by atoms with E-state index in [0.717, 1.165) is 17.4 Å². The molecule has 1 aromatic rings. The maximum Gasteiger partial charge on any atom is 0.187 e. The Balaban J connectivity index is 1.49. The van der Waals surface area contributed by atoms with E-state index >= 15 is 0 Å². The lowest BCUT2D eigenvalue weighted by Crippen LogP contribution is -2.42. The number of nitrogens with one attached hydrogen (secondary N) is 2. The highest BCUT2D eigenvalue weighted by Gasteiger charge is 2.39. The second kappa shape index (κ2) is 6.51. The Morgan fingerprint density at radius 2 is 2.10 bits per heavy atom. The number of benzene rings is 1. The van der Waals surface area contributed by atoms with Crippen LogP contribution >= 0.6 is 35.4 Å². The third-order valence-corrected chi connectivity index (χ3v) is 5.33. The fourth-order valence-corrected chi connectivity index (χ4v) is 3.89. The molecule has 1 aromatic carbocycles. The number of rotatable bonds is 3. The molecule has 0 radical (unpaired) electrons. The summed E-state index contributed by atoms with van der Waals surface area (Å²) in [6.45, 7) is 0. The Kier molecular flexibility index (Phi) is 4.67. The molecule has 2 saturated carbocycles. The van der Waals surface area contributed by atoms with Crippen molar-refractivity contribution in [2.24, 2.45) is 16.9 Å². The van der Waals surface area contributed by atoms with Gasteiger partial charge in [0.25, 0.3) is 0 Å². The molecule has 0 amide bonds. The van der Waals surface area contributed by atoms with Crippen molar-refractivity contribution in [3.8, 4) is 0 Å². The van der Waals surface area contributed by atoms with Crippen molar-refractivity contribution in [3.05, 3.63) is 33.8 Å². The van der Waals surface area contributed by atoms with Crippen LogP contribution in [-0.4, -0.2) is 17.4 Å². The van der Waals surface area contributed by atoms with E-state index in [1.807, 2.05) is 6.07 Å². The first-order chi connectivity index (χ1) is 10.1. The summed E-state index contributed by atoms with van der Waals surface area (Å²) in [5.41, 5.74) is 3.74. The number of halogens is 2. The molecule has 0 heterocycles. The summed E-state index contributed by atoms with van der Waals surface area (Å²) in [6.07, 6.45) is 6.99. The molecule has 3 nitrogen and oxygen atoms in total. The van der Waals surface area contributed by atoms with Crippen molar-refractivity contribution in [2.75, 3.05) is 0 Å². The molecule has 2 bridgehead atoms. The fourth-order valence-electron chi connectivity index (χ4n) is 3.38. The summed E-state index contributed by atoms with van der Waals surface area (Å²) in [7, 11) is 0. The summed E-state index contributed by atoms with van der Waals surface area (Å²) in [5.74, 6) is 1.68. The van der Waals surface area contributed by atoms with Crippen LogP contribution in [0.15, 0.2) is 23.3 Å². The fraction of sp³-hybridized carbons (Fsp3) is 0.467. The molecule has 21 heavy (non-hydrogen) atoms. The number of hydrogen-bond donors (Lipinski definition) is 2. The molecule has 3 atom stereocenters. The maximum atomic E-state index is 5.95. The highest BCUT2D eigenvalue weighted by atomic mass is 35.5. The zero-order chi connectivity index (χ0) is 14.8. The van der Waals surface area contributed by atoms with Crippen LogP contribution in [0.2, 0.25) is 10.0 Å². The van der Waals surface area contributed by atoms with Gasteiger partial charge in [-0.2, -0.15) is 5.10 Å². The van der Waals surface area contributed by atoms with E-state index in [1.54, 1.807) is 18.3 Å². The van der Waals surface area contributed by atoms with Gasteiger partial charge in [-0.3, -0.25) is 5.43 Å². The predicted molar refractivity (Wildman–Crippen MR) is 92.2 cm³/mol. The topological polar surface area (TPSA) is 36.4 Å². The zero-order valence-corrected chi connectivity index (χ0v) is 13.8. The highest BCUT2D eigenvalue weighted by Crippen LogP contribution is 2.44. The van der Waals surface area contributed by atoms with Gasteiger partial charge in [-0.1, -0.05) is 35.7 Å². The number of hydrazone groups is 1. The molecule has 112 valence electrons. The van der Waals surface area contributed by atoms with Gasteiger partial charge in [0.15, 0.2) is 5.11 Å². The molecular formula is C15H17Cl2N3S. The van der Waals surface area contributed by atoms with Gasteiger partial charge in [0.1, 0.15) is 0 Å². The van der Waals surface area contributed by atoms with Crippen LogP contribution in [0.1, 0.15) is 31.2 Å². The Bertz CT molecular complexity index is 576. The molecule has 6 heteroatoms.